The van der Waals surface area contributed by atoms with Crippen LogP contribution in [0.1, 0.15) is 59.9 Å². The van der Waals surface area contributed by atoms with Crippen molar-refractivity contribution < 1.29 is 14.7 Å². The zero-order valence-electron chi connectivity index (χ0n) is 29.6. The number of benzene rings is 4. The largest absolute Gasteiger partial charge is 0.480 e. The van der Waals surface area contributed by atoms with Gasteiger partial charge in [0, 0.05) is 29.9 Å². The van der Waals surface area contributed by atoms with E-state index in [2.05, 4.69) is 102 Å². The van der Waals surface area contributed by atoms with Crippen molar-refractivity contribution in [2.45, 2.75) is 44.7 Å². The molecule has 4 aromatic carbocycles. The molecule has 1 aromatic heterocycles. The van der Waals surface area contributed by atoms with E-state index in [1.54, 1.807) is 6.08 Å². The number of allylic oxidation sites excluding steroid dienone is 1. The Balaban J connectivity index is 1.08. The molecule has 54 heavy (non-hydrogen) atoms. The standard InChI is InChI=1S/C44H37N3O4S3/c1-2-45-42(51)40(54-44(45)52)43-46(27-39(48)49)41(50)38(53-43)18-9-11-28-21-24-37-35(26-28)33-16-10-17-36(33)47(37)32-22-19-29(20-23-32)25-34(30-12-5-3-6-13-30)31-14-7-4-8-15-31/h3-9,11-15,18-26,33,36H,2,10,16-17,27H2,1H3,(H,48,49)/b11-9+,38-18+,43-40+. The number of fused-ring (bicyclic) bond motifs is 3. The van der Waals surface area contributed by atoms with E-state index >= 15 is 0 Å². The molecule has 10 heteroatoms. The highest BCUT2D eigenvalue weighted by Gasteiger charge is 2.42. The number of carbonyl (C=O) groups excluding carboxylic acids is 1. The van der Waals surface area contributed by atoms with Gasteiger partial charge in [0.2, 0.25) is 0 Å². The van der Waals surface area contributed by atoms with Crippen molar-refractivity contribution in [3.8, 4) is 0 Å². The van der Waals surface area contributed by atoms with Crippen LogP contribution in [0.25, 0.3) is 28.7 Å². The van der Waals surface area contributed by atoms with Gasteiger partial charge in [0.05, 0.1) is 4.53 Å². The van der Waals surface area contributed by atoms with Gasteiger partial charge in [-0.25, -0.2) is 0 Å². The number of thiazole rings is 1. The molecule has 2 atom stereocenters. The molecule has 0 spiro atoms. The molecule has 2 fully saturated rings. The SMILES string of the molecule is CCN1C(=O)/C(=c2\s/c(=C/C=C/c3ccc4c(c3)C3CCCC3N4c3ccc(C=C(c4ccccc4)c4ccccc4)cc3)c(=O)n2CC(=O)O)SC1=S. The molecule has 1 saturated heterocycles. The number of carboxylic acids is 1. The summed E-state index contributed by atoms with van der Waals surface area (Å²) >= 11 is 7.58. The first kappa shape index (κ1) is 35.7. The molecule has 1 saturated carbocycles. The molecule has 3 aliphatic rings. The van der Waals surface area contributed by atoms with Crippen LogP contribution in [0.2, 0.25) is 0 Å². The molecule has 5 aromatic rings. The summed E-state index contributed by atoms with van der Waals surface area (Å²) in [6.45, 7) is 1.69. The third kappa shape index (κ3) is 6.81. The van der Waals surface area contributed by atoms with Gasteiger partial charge >= 0.3 is 5.97 Å². The number of aliphatic carboxylic acids is 1. The second-order valence-electron chi connectivity index (χ2n) is 13.5. The van der Waals surface area contributed by atoms with Crippen LogP contribution in [0.15, 0.2) is 114 Å². The quantitative estimate of drug-likeness (QED) is 0.121. The summed E-state index contributed by atoms with van der Waals surface area (Å²) in [7, 11) is 0. The average Bonchev–Trinajstić information content (AvgIpc) is 3.93. The molecule has 1 N–H and O–H groups in total. The van der Waals surface area contributed by atoms with E-state index in [1.165, 1.54) is 45.0 Å². The minimum atomic E-state index is -1.16. The molecule has 2 unspecified atom stereocenters. The van der Waals surface area contributed by atoms with Gasteiger partial charge in [-0.15, -0.1) is 11.3 Å². The van der Waals surface area contributed by atoms with Gasteiger partial charge in [-0.3, -0.25) is 23.9 Å². The molecule has 3 heterocycles. The van der Waals surface area contributed by atoms with Crippen molar-refractivity contribution in [1.29, 1.82) is 0 Å². The Kier molecular flexibility index (Phi) is 10.1. The van der Waals surface area contributed by atoms with Crippen LogP contribution in [0.3, 0.4) is 0 Å². The highest BCUT2D eigenvalue weighted by molar-refractivity contribution is 8.30. The molecular formula is C44H37N3O4S3. The molecule has 1 aliphatic carbocycles. The zero-order valence-corrected chi connectivity index (χ0v) is 32.0. The fraction of sp³-hybridized carbons (Fsp3) is 0.182. The van der Waals surface area contributed by atoms with Crippen LogP contribution in [0, 0.1) is 0 Å². The Morgan fingerprint density at radius 3 is 2.24 bits per heavy atom. The number of hydrogen-bond donors (Lipinski definition) is 1. The van der Waals surface area contributed by atoms with Crippen molar-refractivity contribution >= 4 is 91.6 Å². The number of nitrogens with zero attached hydrogens (tertiary/aromatic N) is 3. The summed E-state index contributed by atoms with van der Waals surface area (Å²) in [5.74, 6) is -1.02. The Morgan fingerprint density at radius 2 is 1.59 bits per heavy atom. The van der Waals surface area contributed by atoms with E-state index in [-0.39, 0.29) is 5.91 Å². The number of hydrogen-bond acceptors (Lipinski definition) is 7. The van der Waals surface area contributed by atoms with E-state index in [9.17, 15) is 19.5 Å². The lowest BCUT2D eigenvalue weighted by Crippen LogP contribution is -2.35. The first-order valence-electron chi connectivity index (χ1n) is 18.0. The normalized spacial score (nSPS) is 19.2. The van der Waals surface area contributed by atoms with E-state index in [0.29, 0.717) is 36.9 Å². The number of rotatable bonds is 9. The molecule has 8 rings (SSSR count). The third-order valence-electron chi connectivity index (χ3n) is 10.3. The Hall–Kier alpha value is -5.29. The minimum Gasteiger partial charge on any atom is -0.480 e. The number of thioether (sulfide) groups is 1. The lowest BCUT2D eigenvalue weighted by atomic mass is 9.95. The fourth-order valence-electron chi connectivity index (χ4n) is 7.81. The van der Waals surface area contributed by atoms with Crippen molar-refractivity contribution in [1.82, 2.24) is 9.47 Å². The van der Waals surface area contributed by atoms with E-state index in [1.807, 2.05) is 31.2 Å². The summed E-state index contributed by atoms with van der Waals surface area (Å²) in [5.41, 5.74) is 9.03. The lowest BCUT2D eigenvalue weighted by Gasteiger charge is -2.27. The average molecular weight is 768 g/mol. The number of amides is 1. The van der Waals surface area contributed by atoms with Gasteiger partial charge in [0.15, 0.2) is 0 Å². The molecule has 0 radical (unpaired) electrons. The second-order valence-corrected chi connectivity index (χ2v) is 16.2. The van der Waals surface area contributed by atoms with Gasteiger partial charge in [-0.2, -0.15) is 0 Å². The first-order valence-corrected chi connectivity index (χ1v) is 20.1. The summed E-state index contributed by atoms with van der Waals surface area (Å²) in [6.07, 6.45) is 11.2. The Bertz CT molecular complexity index is 2480. The number of carboxylic acid groups (broad SMARTS) is 1. The summed E-state index contributed by atoms with van der Waals surface area (Å²) in [5, 5.41) is 9.54. The molecular weight excluding hydrogens is 731 g/mol. The fourth-order valence-corrected chi connectivity index (χ4v) is 10.4. The van der Waals surface area contributed by atoms with E-state index < -0.39 is 18.1 Å². The smallest absolute Gasteiger partial charge is 0.323 e. The van der Waals surface area contributed by atoms with Crippen LogP contribution >= 0.6 is 35.3 Å². The summed E-state index contributed by atoms with van der Waals surface area (Å²) in [4.78, 5) is 42.3. The van der Waals surface area contributed by atoms with Gasteiger partial charge < -0.3 is 10.0 Å². The van der Waals surface area contributed by atoms with Crippen LogP contribution in [-0.2, 0) is 16.1 Å². The van der Waals surface area contributed by atoms with Gasteiger partial charge in [0.25, 0.3) is 11.5 Å². The van der Waals surface area contributed by atoms with Crippen molar-refractivity contribution in [3.05, 3.63) is 157 Å². The summed E-state index contributed by atoms with van der Waals surface area (Å²) in [6, 6.07) is 36.9. The Labute approximate surface area is 326 Å². The van der Waals surface area contributed by atoms with E-state index in [4.69, 9.17) is 12.2 Å². The predicted octanol–water partition coefficient (Wildman–Crippen LogP) is 7.85. The maximum Gasteiger partial charge on any atom is 0.323 e. The molecule has 0 bridgehead atoms. The second kappa shape index (κ2) is 15.2. The highest BCUT2D eigenvalue weighted by Crippen LogP contribution is 2.52. The van der Waals surface area contributed by atoms with Crippen LogP contribution in [-0.4, -0.2) is 43.4 Å². The number of carbonyl (C=O) groups is 2. The van der Waals surface area contributed by atoms with Gasteiger partial charge in [0.1, 0.15) is 20.4 Å². The zero-order chi connectivity index (χ0) is 37.3. The lowest BCUT2D eigenvalue weighted by molar-refractivity contribution is -0.137. The van der Waals surface area contributed by atoms with Gasteiger partial charge in [-0.1, -0.05) is 121 Å². The van der Waals surface area contributed by atoms with Crippen LogP contribution in [0.4, 0.5) is 11.4 Å². The van der Waals surface area contributed by atoms with Gasteiger partial charge in [-0.05, 0) is 89.6 Å². The van der Waals surface area contributed by atoms with Crippen molar-refractivity contribution in [2.24, 2.45) is 0 Å². The van der Waals surface area contributed by atoms with Crippen molar-refractivity contribution in [3.63, 3.8) is 0 Å². The predicted molar refractivity (Wildman–Crippen MR) is 225 cm³/mol. The number of thiocarbonyl (C=S) groups is 1. The number of aromatic nitrogens is 1. The van der Waals surface area contributed by atoms with E-state index in [0.717, 1.165) is 51.6 Å². The minimum absolute atomic E-state index is 0.290. The first-order chi connectivity index (χ1) is 26.3. The monoisotopic (exact) mass is 767 g/mol. The van der Waals surface area contributed by atoms with Crippen molar-refractivity contribution in [2.75, 3.05) is 11.4 Å². The maximum absolute atomic E-state index is 13.4. The van der Waals surface area contributed by atoms with Crippen LogP contribution in [0.5, 0.6) is 0 Å². The highest BCUT2D eigenvalue weighted by atomic mass is 32.2. The molecule has 7 nitrogen and oxygen atoms in total. The summed E-state index contributed by atoms with van der Waals surface area (Å²) < 4.78 is 2.23. The molecule has 270 valence electrons. The Morgan fingerprint density at radius 1 is 0.907 bits per heavy atom. The number of anilines is 2. The third-order valence-corrected chi connectivity index (χ3v) is 13.0. The topological polar surface area (TPSA) is 82.9 Å². The molecule has 2 aliphatic heterocycles. The molecule has 1 amide bonds. The van der Waals surface area contributed by atoms with Crippen LogP contribution < -0.4 is 19.7 Å². The maximum atomic E-state index is 13.4.